The average Bonchev–Trinajstić information content (AvgIpc) is 2.90. The molecule has 0 aliphatic heterocycles. The number of hydrogen-bond donors (Lipinski definition) is 2. The maximum absolute atomic E-state index is 12.9. The molecule has 0 spiro atoms. The number of diazo groups is 1. The molecule has 0 saturated heterocycles. The summed E-state index contributed by atoms with van der Waals surface area (Å²) < 4.78 is 11.5. The van der Waals surface area contributed by atoms with E-state index < -0.39 is 5.91 Å². The molecule has 2 amide bonds. The Labute approximate surface area is 223 Å². The van der Waals surface area contributed by atoms with Crippen LogP contribution in [0.3, 0.4) is 0 Å². The molecule has 0 radical (unpaired) electrons. The third-order valence-corrected chi connectivity index (χ3v) is 5.39. The van der Waals surface area contributed by atoms with Gasteiger partial charge in [0.05, 0.1) is 30.4 Å². The summed E-state index contributed by atoms with van der Waals surface area (Å²) in [5.41, 5.74) is 1.55. The second-order valence-electron chi connectivity index (χ2n) is 8.14. The molecule has 2 N–H and O–H groups in total. The van der Waals surface area contributed by atoms with E-state index in [4.69, 9.17) is 9.47 Å². The lowest BCUT2D eigenvalue weighted by Crippen LogP contribution is -3.00. The minimum absolute atomic E-state index is 0. The van der Waals surface area contributed by atoms with Gasteiger partial charge in [-0.25, -0.2) is 0 Å². The lowest BCUT2D eigenvalue weighted by molar-refractivity contribution is -0.0000241. The molecule has 0 heterocycles. The van der Waals surface area contributed by atoms with Crippen LogP contribution in [-0.2, 0) is 0 Å². The number of amides is 2. The van der Waals surface area contributed by atoms with E-state index in [1.807, 2.05) is 6.07 Å². The summed E-state index contributed by atoms with van der Waals surface area (Å²) in [7, 11) is 0. The van der Waals surface area contributed by atoms with Gasteiger partial charge in [0.15, 0.2) is 4.98 Å². The lowest BCUT2D eigenvalue weighted by atomic mass is 10.1. The fourth-order valence-corrected chi connectivity index (χ4v) is 3.40. The molecule has 0 saturated carbocycles. The fourth-order valence-electron chi connectivity index (χ4n) is 3.40. The van der Waals surface area contributed by atoms with Crippen LogP contribution < -0.4 is 32.5 Å². The van der Waals surface area contributed by atoms with Crippen molar-refractivity contribution in [2.75, 3.05) is 23.8 Å². The summed E-state index contributed by atoms with van der Waals surface area (Å²) in [6, 6.07) is 18.6. The number of nitrogens with zero attached hydrogens (tertiary/aromatic N) is 2. The molecule has 0 atom stereocenters. The Hall–Kier alpha value is -4.09. The van der Waals surface area contributed by atoms with Gasteiger partial charge < -0.3 is 32.5 Å². The van der Waals surface area contributed by atoms with Gasteiger partial charge in [-0.05, 0) is 49.2 Å². The van der Waals surface area contributed by atoms with Crippen LogP contribution in [0.1, 0.15) is 60.2 Å². The first-order valence-corrected chi connectivity index (χ1v) is 12.1. The van der Waals surface area contributed by atoms with Crippen molar-refractivity contribution in [3.05, 3.63) is 82.8 Å². The van der Waals surface area contributed by atoms with Crippen molar-refractivity contribution in [1.29, 1.82) is 5.39 Å². The SMILES string of the molecule is CCCCOc1ccccc1C(=O)Nc1ccc(NC(=O)c2ccccc2OCCCC)c([N+]#N)c1.[Cl-]. The Morgan fingerprint density at radius 1 is 0.784 bits per heavy atom. The zero-order chi connectivity index (χ0) is 25.8. The first-order valence-electron chi connectivity index (χ1n) is 12.1. The number of para-hydroxylation sites is 2. The average molecular weight is 523 g/mol. The molecule has 3 aromatic rings. The molecule has 0 aliphatic carbocycles. The monoisotopic (exact) mass is 522 g/mol. The number of unbranched alkanes of at least 4 members (excludes halogenated alkanes) is 2. The Morgan fingerprint density at radius 2 is 1.30 bits per heavy atom. The highest BCUT2D eigenvalue weighted by Crippen LogP contribution is 2.31. The van der Waals surface area contributed by atoms with E-state index in [1.165, 1.54) is 6.07 Å². The van der Waals surface area contributed by atoms with Crippen LogP contribution in [0.15, 0.2) is 66.7 Å². The minimum Gasteiger partial charge on any atom is -1.00 e. The molecule has 9 heteroatoms. The highest BCUT2D eigenvalue weighted by molar-refractivity contribution is 6.09. The Kier molecular flexibility index (Phi) is 11.9. The number of carbonyl (C=O) groups is 2. The third kappa shape index (κ3) is 8.23. The van der Waals surface area contributed by atoms with E-state index in [-0.39, 0.29) is 29.7 Å². The number of ether oxygens (including phenoxy) is 2. The summed E-state index contributed by atoms with van der Waals surface area (Å²) in [6.07, 6.45) is 3.74. The minimum atomic E-state index is -0.401. The highest BCUT2D eigenvalue weighted by Gasteiger charge is 2.21. The number of carbonyl (C=O) groups excluding carboxylic acids is 2. The maximum atomic E-state index is 12.9. The van der Waals surface area contributed by atoms with Gasteiger partial charge in [0, 0.05) is 5.69 Å². The lowest BCUT2D eigenvalue weighted by Gasteiger charge is -2.12. The van der Waals surface area contributed by atoms with Crippen LogP contribution in [-0.4, -0.2) is 25.0 Å². The van der Waals surface area contributed by atoms with E-state index in [9.17, 15) is 15.0 Å². The molecule has 0 unspecified atom stereocenters. The van der Waals surface area contributed by atoms with E-state index in [0.29, 0.717) is 41.5 Å². The number of anilines is 2. The predicted molar refractivity (Wildman–Crippen MR) is 141 cm³/mol. The molecule has 37 heavy (non-hydrogen) atoms. The molecule has 0 aliphatic rings. The zero-order valence-electron chi connectivity index (χ0n) is 21.0. The van der Waals surface area contributed by atoms with Crippen LogP contribution >= 0.6 is 0 Å². The Balaban J connectivity index is 0.00000481. The van der Waals surface area contributed by atoms with Crippen LogP contribution in [0.25, 0.3) is 4.98 Å². The van der Waals surface area contributed by atoms with Crippen molar-refractivity contribution in [3.8, 4) is 11.5 Å². The molecule has 0 fully saturated rings. The summed E-state index contributed by atoms with van der Waals surface area (Å²) in [6.45, 7) is 5.17. The number of hydrogen-bond acceptors (Lipinski definition) is 5. The summed E-state index contributed by atoms with van der Waals surface area (Å²) in [5, 5.41) is 15.1. The molecule has 0 bridgehead atoms. The largest absolute Gasteiger partial charge is 1.00 e. The van der Waals surface area contributed by atoms with Gasteiger partial charge in [-0.15, -0.1) is 0 Å². The number of halogens is 1. The number of nitrogens with one attached hydrogen (secondary N) is 2. The third-order valence-electron chi connectivity index (χ3n) is 5.39. The van der Waals surface area contributed by atoms with Crippen molar-refractivity contribution in [2.45, 2.75) is 39.5 Å². The summed E-state index contributed by atoms with van der Waals surface area (Å²) in [5.74, 6) is 0.219. The quantitative estimate of drug-likeness (QED) is 0.276. The highest BCUT2D eigenvalue weighted by atomic mass is 35.5. The van der Waals surface area contributed by atoms with Crippen LogP contribution in [0, 0.1) is 5.39 Å². The van der Waals surface area contributed by atoms with E-state index in [0.717, 1.165) is 25.7 Å². The van der Waals surface area contributed by atoms with Gasteiger partial charge in [0.2, 0.25) is 5.39 Å². The van der Waals surface area contributed by atoms with Crippen molar-refractivity contribution >= 4 is 28.9 Å². The number of rotatable bonds is 12. The second kappa shape index (κ2) is 15.1. The Bertz CT molecular complexity index is 1240. The smallest absolute Gasteiger partial charge is 0.410 e. The normalized spacial score (nSPS) is 9.97. The molecule has 3 aromatic carbocycles. The topological polar surface area (TPSA) is 105 Å². The second-order valence-corrected chi connectivity index (χ2v) is 8.14. The molecule has 3 rings (SSSR count). The first kappa shape index (κ1) is 29.1. The standard InChI is InChI=1S/C28H30N4O4.ClH/c1-3-5-17-35-25-13-9-7-11-21(25)27(33)30-20-15-16-23(24(19-20)32-29)31-28(34)22-12-8-10-14-26(22)36-18-6-4-2;/h7-16,19,29H,3-6,17-18H2,1-2H3;1H. The number of benzene rings is 3. The van der Waals surface area contributed by atoms with Crippen molar-refractivity contribution in [3.63, 3.8) is 0 Å². The van der Waals surface area contributed by atoms with Gasteiger partial charge in [-0.2, -0.15) is 0 Å². The van der Waals surface area contributed by atoms with Crippen LogP contribution in [0.5, 0.6) is 11.5 Å². The van der Waals surface area contributed by atoms with E-state index in [2.05, 4.69) is 29.5 Å². The predicted octanol–water partition coefficient (Wildman–Crippen LogP) is 4.04. The molecule has 0 aromatic heterocycles. The van der Waals surface area contributed by atoms with Gasteiger partial charge in [0.25, 0.3) is 11.8 Å². The van der Waals surface area contributed by atoms with Gasteiger partial charge in [-0.3, -0.25) is 9.59 Å². The van der Waals surface area contributed by atoms with Gasteiger partial charge >= 0.3 is 5.69 Å². The van der Waals surface area contributed by atoms with Gasteiger partial charge in [0.1, 0.15) is 17.2 Å². The van der Waals surface area contributed by atoms with Gasteiger partial charge in [-0.1, -0.05) is 51.0 Å². The summed E-state index contributed by atoms with van der Waals surface area (Å²) >= 11 is 0. The van der Waals surface area contributed by atoms with E-state index in [1.54, 1.807) is 54.6 Å². The van der Waals surface area contributed by atoms with Crippen LogP contribution in [0.4, 0.5) is 17.1 Å². The zero-order valence-corrected chi connectivity index (χ0v) is 21.8. The van der Waals surface area contributed by atoms with Crippen molar-refractivity contribution in [2.24, 2.45) is 0 Å². The molecule has 194 valence electrons. The summed E-state index contributed by atoms with van der Waals surface area (Å²) in [4.78, 5) is 29.1. The molecular formula is C28H31ClN4O4. The molecule has 8 nitrogen and oxygen atoms in total. The van der Waals surface area contributed by atoms with Crippen molar-refractivity contribution in [1.82, 2.24) is 0 Å². The van der Waals surface area contributed by atoms with Crippen LogP contribution in [0.2, 0.25) is 0 Å². The maximum Gasteiger partial charge on any atom is 0.410 e. The Morgan fingerprint density at radius 3 is 1.81 bits per heavy atom. The fraction of sp³-hybridized carbons (Fsp3) is 0.286. The van der Waals surface area contributed by atoms with E-state index >= 15 is 0 Å². The first-order chi connectivity index (χ1) is 17.6. The van der Waals surface area contributed by atoms with Crippen molar-refractivity contribution < 1.29 is 31.5 Å². The molecular weight excluding hydrogens is 492 g/mol.